The molecule has 1 saturated heterocycles. The quantitative estimate of drug-likeness (QED) is 0.533. The smallest absolute Gasteiger partial charge is 0.275 e. The van der Waals surface area contributed by atoms with Crippen LogP contribution in [0.25, 0.3) is 0 Å². The molecule has 34 heavy (non-hydrogen) atoms. The molecule has 2 aliphatic heterocycles. The maximum Gasteiger partial charge on any atom is 0.275 e. The van der Waals surface area contributed by atoms with Crippen LogP contribution in [0, 0.1) is 5.92 Å². The number of ether oxygens (including phenoxy) is 1. The number of aromatic nitrogens is 1. The summed E-state index contributed by atoms with van der Waals surface area (Å²) >= 11 is 1.07. The fourth-order valence-corrected chi connectivity index (χ4v) is 8.30. The fraction of sp³-hybridized carbons (Fsp3) is 0.318. The van der Waals surface area contributed by atoms with Gasteiger partial charge in [-0.25, -0.2) is 16.8 Å². The van der Waals surface area contributed by atoms with Crippen molar-refractivity contribution in [2.24, 2.45) is 5.92 Å². The highest BCUT2D eigenvalue weighted by Crippen LogP contribution is 2.37. The third kappa shape index (κ3) is 4.04. The van der Waals surface area contributed by atoms with Gasteiger partial charge in [0, 0.05) is 31.2 Å². The molecule has 3 aromatic rings. The summed E-state index contributed by atoms with van der Waals surface area (Å²) in [4.78, 5) is 13.3. The summed E-state index contributed by atoms with van der Waals surface area (Å²) in [7, 11) is -6.02. The highest BCUT2D eigenvalue weighted by Gasteiger charge is 2.40. The molecule has 5 rings (SSSR count). The highest BCUT2D eigenvalue weighted by atomic mass is 32.2. The lowest BCUT2D eigenvalue weighted by atomic mass is 9.84. The van der Waals surface area contributed by atoms with Crippen LogP contribution in [0.2, 0.25) is 0 Å². The van der Waals surface area contributed by atoms with E-state index in [2.05, 4.69) is 4.72 Å². The van der Waals surface area contributed by atoms with Gasteiger partial charge in [-0.15, -0.1) is 11.3 Å². The summed E-state index contributed by atoms with van der Waals surface area (Å²) in [6.07, 6.45) is 0.772. The summed E-state index contributed by atoms with van der Waals surface area (Å²) in [6.45, 7) is 0.875. The molecular weight excluding hydrogens is 498 g/mol. The average Bonchev–Trinajstić information content (AvgIpc) is 3.37. The van der Waals surface area contributed by atoms with Crippen LogP contribution in [0.5, 0.6) is 5.75 Å². The largest absolute Gasteiger partial charge is 0.497 e. The number of anilines is 1. The molecule has 1 aromatic carbocycles. The standard InChI is InChI=1S/C22H23N3O6S3/c1-31-17-4-6-18(7-5-17)34(29,30)24-12-15-11-16(14-24)20-9-8-19(22(26)25(20)13-15)23-33(27,28)21-3-2-10-32-21/h2-10,15-16,23H,11-14H2,1H3. The Kier molecular flexibility index (Phi) is 5.79. The minimum atomic E-state index is -3.84. The van der Waals surface area contributed by atoms with E-state index in [0.717, 1.165) is 23.5 Å². The molecule has 0 radical (unpaired) electrons. The van der Waals surface area contributed by atoms with Crippen molar-refractivity contribution >= 4 is 37.1 Å². The molecule has 2 atom stereocenters. The zero-order chi connectivity index (χ0) is 24.1. The third-order valence-corrected chi connectivity index (χ3v) is 10.9. The van der Waals surface area contributed by atoms with Crippen LogP contribution in [-0.2, 0) is 26.6 Å². The molecule has 12 heteroatoms. The van der Waals surface area contributed by atoms with Gasteiger partial charge < -0.3 is 9.30 Å². The van der Waals surface area contributed by atoms with Gasteiger partial charge in [0.2, 0.25) is 10.0 Å². The molecule has 0 spiro atoms. The van der Waals surface area contributed by atoms with E-state index in [-0.39, 0.29) is 33.2 Å². The Balaban J connectivity index is 1.42. The van der Waals surface area contributed by atoms with Crippen LogP contribution in [-0.4, -0.2) is 45.9 Å². The Bertz CT molecular complexity index is 1480. The minimum Gasteiger partial charge on any atom is -0.497 e. The van der Waals surface area contributed by atoms with Gasteiger partial charge >= 0.3 is 0 Å². The summed E-state index contributed by atoms with van der Waals surface area (Å²) in [5.74, 6) is 0.366. The molecule has 2 bridgehead atoms. The summed E-state index contributed by atoms with van der Waals surface area (Å²) < 4.78 is 62.4. The first-order valence-corrected chi connectivity index (χ1v) is 14.4. The van der Waals surface area contributed by atoms with Gasteiger partial charge in [0.15, 0.2) is 0 Å². The van der Waals surface area contributed by atoms with Gasteiger partial charge in [-0.2, -0.15) is 4.31 Å². The van der Waals surface area contributed by atoms with Crippen molar-refractivity contribution in [3.63, 3.8) is 0 Å². The van der Waals surface area contributed by atoms with E-state index in [0.29, 0.717) is 18.8 Å². The first-order chi connectivity index (χ1) is 16.2. The van der Waals surface area contributed by atoms with Crippen LogP contribution in [0.3, 0.4) is 0 Å². The fourth-order valence-electron chi connectivity index (χ4n) is 4.68. The van der Waals surface area contributed by atoms with Gasteiger partial charge in [0.05, 0.1) is 12.0 Å². The molecule has 0 saturated carbocycles. The lowest BCUT2D eigenvalue weighted by molar-refractivity contribution is 0.186. The molecule has 0 amide bonds. The van der Waals surface area contributed by atoms with Crippen LogP contribution in [0.4, 0.5) is 5.69 Å². The summed E-state index contributed by atoms with van der Waals surface area (Å²) in [6, 6.07) is 12.6. The van der Waals surface area contributed by atoms with E-state index in [1.807, 2.05) is 0 Å². The molecule has 2 aliphatic rings. The second-order valence-corrected chi connectivity index (χ2v) is 13.2. The van der Waals surface area contributed by atoms with Crippen LogP contribution < -0.4 is 15.0 Å². The number of piperidine rings is 1. The maximum atomic E-state index is 13.3. The molecule has 2 unspecified atom stereocenters. The summed E-state index contributed by atoms with van der Waals surface area (Å²) in [5, 5.41) is 1.65. The van der Waals surface area contributed by atoms with Gasteiger partial charge in [-0.1, -0.05) is 6.07 Å². The lowest BCUT2D eigenvalue weighted by Crippen LogP contribution is -2.49. The van der Waals surface area contributed by atoms with Crippen molar-refractivity contribution in [3.05, 3.63) is 70.0 Å². The third-order valence-electron chi connectivity index (χ3n) is 6.27. The predicted molar refractivity (Wildman–Crippen MR) is 128 cm³/mol. The number of hydrogen-bond acceptors (Lipinski definition) is 7. The normalized spacial score (nSPS) is 20.5. The number of methoxy groups -OCH3 is 1. The molecule has 9 nitrogen and oxygen atoms in total. The maximum absolute atomic E-state index is 13.3. The van der Waals surface area contributed by atoms with Crippen LogP contribution in [0.1, 0.15) is 18.0 Å². The SMILES string of the molecule is COc1ccc(S(=O)(=O)N2CC3CC(C2)c2ccc(NS(=O)(=O)c4cccs4)c(=O)n2C3)cc1. The number of nitrogens with zero attached hydrogens (tertiary/aromatic N) is 2. The monoisotopic (exact) mass is 521 g/mol. The summed E-state index contributed by atoms with van der Waals surface area (Å²) in [5.41, 5.74) is 0.286. The number of hydrogen-bond donors (Lipinski definition) is 1. The molecular formula is C22H23N3O6S3. The number of thiophene rings is 1. The van der Waals surface area contributed by atoms with Gasteiger partial charge in [-0.05, 0) is 60.2 Å². The number of nitrogens with one attached hydrogen (secondary N) is 1. The molecule has 1 N–H and O–H groups in total. The van der Waals surface area contributed by atoms with Crippen molar-refractivity contribution in [3.8, 4) is 5.75 Å². The number of pyridine rings is 1. The molecule has 4 heterocycles. The Morgan fingerprint density at radius 1 is 1.00 bits per heavy atom. The number of benzene rings is 1. The van der Waals surface area contributed by atoms with E-state index in [1.165, 1.54) is 35.7 Å². The average molecular weight is 522 g/mol. The Morgan fingerprint density at radius 3 is 2.44 bits per heavy atom. The second-order valence-electron chi connectivity index (χ2n) is 8.42. The molecule has 1 fully saturated rings. The van der Waals surface area contributed by atoms with E-state index < -0.39 is 25.6 Å². The Labute approximate surface area is 201 Å². The van der Waals surface area contributed by atoms with Crippen molar-refractivity contribution < 1.29 is 21.6 Å². The zero-order valence-corrected chi connectivity index (χ0v) is 20.7. The van der Waals surface area contributed by atoms with Gasteiger partial charge in [0.25, 0.3) is 15.6 Å². The second kappa shape index (κ2) is 8.52. The lowest BCUT2D eigenvalue weighted by Gasteiger charge is -2.42. The van der Waals surface area contributed by atoms with E-state index in [1.54, 1.807) is 34.2 Å². The van der Waals surface area contributed by atoms with Gasteiger partial charge in [0.1, 0.15) is 15.6 Å². The first-order valence-electron chi connectivity index (χ1n) is 10.6. The van der Waals surface area contributed by atoms with Crippen molar-refractivity contribution in [1.29, 1.82) is 0 Å². The Morgan fingerprint density at radius 2 is 1.76 bits per heavy atom. The van der Waals surface area contributed by atoms with Crippen molar-refractivity contribution in [2.45, 2.75) is 28.0 Å². The Hall–Kier alpha value is -2.67. The van der Waals surface area contributed by atoms with E-state index >= 15 is 0 Å². The predicted octanol–water partition coefficient (Wildman–Crippen LogP) is 2.53. The van der Waals surface area contributed by atoms with Crippen molar-refractivity contribution in [1.82, 2.24) is 8.87 Å². The van der Waals surface area contributed by atoms with E-state index in [9.17, 15) is 21.6 Å². The van der Waals surface area contributed by atoms with E-state index in [4.69, 9.17) is 4.74 Å². The highest BCUT2D eigenvalue weighted by molar-refractivity contribution is 7.94. The van der Waals surface area contributed by atoms with Gasteiger partial charge in [-0.3, -0.25) is 9.52 Å². The van der Waals surface area contributed by atoms with Crippen LogP contribution >= 0.6 is 11.3 Å². The number of sulfonamides is 2. The molecule has 0 aliphatic carbocycles. The van der Waals surface area contributed by atoms with Crippen molar-refractivity contribution in [2.75, 3.05) is 24.9 Å². The minimum absolute atomic E-state index is 0.0140. The first kappa shape index (κ1) is 23.1. The molecule has 180 valence electrons. The zero-order valence-electron chi connectivity index (χ0n) is 18.2. The number of rotatable bonds is 6. The topological polar surface area (TPSA) is 115 Å². The molecule has 2 aromatic heterocycles. The number of fused-ring (bicyclic) bond motifs is 4. The van der Waals surface area contributed by atoms with Crippen LogP contribution in [0.15, 0.2) is 67.8 Å².